The van der Waals surface area contributed by atoms with Gasteiger partial charge in [-0.25, -0.2) is 9.59 Å². The molecular weight excluding hydrogens is 270 g/mol. The van der Waals surface area contributed by atoms with E-state index >= 15 is 0 Å². The van der Waals surface area contributed by atoms with Gasteiger partial charge in [0.2, 0.25) is 0 Å². The molecule has 0 spiro atoms. The second-order valence-electron chi connectivity index (χ2n) is 4.95. The van der Waals surface area contributed by atoms with E-state index in [4.69, 9.17) is 10.00 Å². The third-order valence-corrected chi connectivity index (χ3v) is 3.42. The van der Waals surface area contributed by atoms with E-state index in [1.165, 1.54) is 4.90 Å². The van der Waals surface area contributed by atoms with Gasteiger partial charge in [0.05, 0.1) is 17.7 Å². The highest BCUT2D eigenvalue weighted by Crippen LogP contribution is 2.14. The van der Waals surface area contributed by atoms with Crippen molar-refractivity contribution in [2.75, 3.05) is 13.1 Å². The van der Waals surface area contributed by atoms with Gasteiger partial charge in [-0.2, -0.15) is 5.26 Å². The minimum absolute atomic E-state index is 0.309. The quantitative estimate of drug-likeness (QED) is 0.847. The zero-order chi connectivity index (χ0) is 15.2. The first kappa shape index (κ1) is 14.9. The van der Waals surface area contributed by atoms with E-state index < -0.39 is 12.2 Å². The van der Waals surface area contributed by atoms with E-state index in [0.29, 0.717) is 18.7 Å². The van der Waals surface area contributed by atoms with Gasteiger partial charge in [-0.05, 0) is 37.5 Å². The maximum Gasteiger partial charge on any atom is 0.418 e. The smallest absolute Gasteiger partial charge is 0.359 e. The van der Waals surface area contributed by atoms with Gasteiger partial charge in [-0.1, -0.05) is 12.1 Å². The Labute approximate surface area is 123 Å². The van der Waals surface area contributed by atoms with Crippen molar-refractivity contribution >= 4 is 12.2 Å². The van der Waals surface area contributed by atoms with Crippen molar-refractivity contribution in [3.05, 3.63) is 35.4 Å². The molecule has 0 aromatic heterocycles. The zero-order valence-corrected chi connectivity index (χ0v) is 11.8. The lowest BCUT2D eigenvalue weighted by atomic mass is 10.1. The number of amides is 2. The summed E-state index contributed by atoms with van der Waals surface area (Å²) >= 11 is 0. The molecular formula is C15H17N3O3. The van der Waals surface area contributed by atoms with Gasteiger partial charge in [0.1, 0.15) is 0 Å². The van der Waals surface area contributed by atoms with E-state index in [1.54, 1.807) is 31.2 Å². The molecule has 1 aliphatic rings. The van der Waals surface area contributed by atoms with Crippen LogP contribution in [0.1, 0.15) is 36.9 Å². The Morgan fingerprint density at radius 2 is 1.90 bits per heavy atom. The van der Waals surface area contributed by atoms with E-state index in [9.17, 15) is 9.59 Å². The van der Waals surface area contributed by atoms with Crippen molar-refractivity contribution in [1.29, 1.82) is 5.26 Å². The van der Waals surface area contributed by atoms with E-state index in [-0.39, 0.29) is 6.04 Å². The molecule has 0 bridgehead atoms. The van der Waals surface area contributed by atoms with Gasteiger partial charge in [0, 0.05) is 13.1 Å². The molecule has 0 saturated carbocycles. The molecule has 1 aliphatic heterocycles. The molecule has 1 unspecified atom stereocenters. The number of alkyl carbamates (subject to hydrolysis) is 1. The average Bonchev–Trinajstić information content (AvgIpc) is 3.01. The fraction of sp³-hybridized carbons (Fsp3) is 0.400. The van der Waals surface area contributed by atoms with Crippen LogP contribution in [0.3, 0.4) is 0 Å². The van der Waals surface area contributed by atoms with Crippen LogP contribution < -0.4 is 5.32 Å². The summed E-state index contributed by atoms with van der Waals surface area (Å²) < 4.78 is 4.76. The first-order chi connectivity index (χ1) is 10.1. The first-order valence-corrected chi connectivity index (χ1v) is 6.87. The minimum Gasteiger partial charge on any atom is -0.359 e. The molecule has 1 heterocycles. The molecule has 1 saturated heterocycles. The number of carbonyl (C=O) groups is 2. The van der Waals surface area contributed by atoms with Crippen LogP contribution in [0.2, 0.25) is 0 Å². The molecule has 0 radical (unpaired) electrons. The van der Waals surface area contributed by atoms with Gasteiger partial charge in [-0.15, -0.1) is 0 Å². The fourth-order valence-corrected chi connectivity index (χ4v) is 2.18. The molecule has 6 heteroatoms. The van der Waals surface area contributed by atoms with Crippen LogP contribution in [0.25, 0.3) is 0 Å². The van der Waals surface area contributed by atoms with Crippen molar-refractivity contribution < 1.29 is 14.3 Å². The highest BCUT2D eigenvalue weighted by molar-refractivity contribution is 5.83. The lowest BCUT2D eigenvalue weighted by Crippen LogP contribution is -2.35. The summed E-state index contributed by atoms with van der Waals surface area (Å²) in [5.74, 6) is 0. The Morgan fingerprint density at radius 1 is 1.29 bits per heavy atom. The fourth-order valence-electron chi connectivity index (χ4n) is 2.18. The number of nitrogens with one attached hydrogen (secondary N) is 1. The summed E-state index contributed by atoms with van der Waals surface area (Å²) in [4.78, 5) is 24.9. The monoisotopic (exact) mass is 287 g/mol. The topological polar surface area (TPSA) is 82.4 Å². The number of nitriles is 1. The van der Waals surface area contributed by atoms with Crippen LogP contribution in [0, 0.1) is 11.3 Å². The summed E-state index contributed by atoms with van der Waals surface area (Å²) in [6.07, 6.45) is 0.525. The van der Waals surface area contributed by atoms with Crippen molar-refractivity contribution in [2.24, 2.45) is 0 Å². The Kier molecular flexibility index (Phi) is 4.77. The standard InChI is InChI=1S/C15H17N3O3/c1-11(13-6-4-12(10-16)5-7-13)17-14(19)21-15(20)18-8-2-3-9-18/h4-7,11H,2-3,8-9H2,1H3,(H,17,19). The van der Waals surface area contributed by atoms with Crippen LogP contribution in [0.4, 0.5) is 9.59 Å². The van der Waals surface area contributed by atoms with Crippen LogP contribution in [0.15, 0.2) is 24.3 Å². The lowest BCUT2D eigenvalue weighted by Gasteiger charge is -2.17. The summed E-state index contributed by atoms with van der Waals surface area (Å²) in [7, 11) is 0. The second-order valence-corrected chi connectivity index (χ2v) is 4.95. The maximum absolute atomic E-state index is 11.7. The average molecular weight is 287 g/mol. The third kappa shape index (κ3) is 3.96. The number of ether oxygens (including phenoxy) is 1. The summed E-state index contributed by atoms with van der Waals surface area (Å²) in [5.41, 5.74) is 1.39. The van der Waals surface area contributed by atoms with Gasteiger partial charge >= 0.3 is 12.2 Å². The second kappa shape index (κ2) is 6.75. The molecule has 1 fully saturated rings. The normalized spacial score (nSPS) is 15.1. The number of benzene rings is 1. The predicted octanol–water partition coefficient (Wildman–Crippen LogP) is 2.56. The summed E-state index contributed by atoms with van der Waals surface area (Å²) in [5, 5.41) is 11.3. The molecule has 1 atom stereocenters. The Bertz CT molecular complexity index is 557. The molecule has 21 heavy (non-hydrogen) atoms. The number of carbonyl (C=O) groups excluding carboxylic acids is 2. The molecule has 1 aromatic carbocycles. The molecule has 2 amide bonds. The SMILES string of the molecule is CC(NC(=O)OC(=O)N1CCCC1)c1ccc(C#N)cc1. The van der Waals surface area contributed by atoms with Crippen molar-refractivity contribution in [1.82, 2.24) is 10.2 Å². The molecule has 1 aromatic rings. The van der Waals surface area contributed by atoms with Crippen LogP contribution in [-0.2, 0) is 4.74 Å². The van der Waals surface area contributed by atoms with E-state index in [0.717, 1.165) is 18.4 Å². The van der Waals surface area contributed by atoms with E-state index in [1.807, 2.05) is 6.07 Å². The number of hydrogen-bond acceptors (Lipinski definition) is 4. The Morgan fingerprint density at radius 3 is 2.48 bits per heavy atom. The maximum atomic E-state index is 11.7. The highest BCUT2D eigenvalue weighted by Gasteiger charge is 2.22. The molecule has 110 valence electrons. The Balaban J connectivity index is 1.86. The minimum atomic E-state index is -0.760. The van der Waals surface area contributed by atoms with Crippen LogP contribution >= 0.6 is 0 Å². The summed E-state index contributed by atoms with van der Waals surface area (Å²) in [6, 6.07) is 8.58. The number of rotatable bonds is 2. The van der Waals surface area contributed by atoms with Gasteiger partial charge < -0.3 is 15.0 Å². The lowest BCUT2D eigenvalue weighted by molar-refractivity contribution is 0.123. The zero-order valence-electron chi connectivity index (χ0n) is 11.8. The van der Waals surface area contributed by atoms with Gasteiger partial charge in [0.25, 0.3) is 0 Å². The molecule has 2 rings (SSSR count). The number of hydrogen-bond donors (Lipinski definition) is 1. The molecule has 0 aliphatic carbocycles. The Hall–Kier alpha value is -2.55. The largest absolute Gasteiger partial charge is 0.418 e. The predicted molar refractivity (Wildman–Crippen MR) is 75.4 cm³/mol. The summed E-state index contributed by atoms with van der Waals surface area (Å²) in [6.45, 7) is 3.05. The molecule has 1 N–H and O–H groups in total. The number of likely N-dealkylation sites (tertiary alicyclic amines) is 1. The molecule has 6 nitrogen and oxygen atoms in total. The first-order valence-electron chi connectivity index (χ1n) is 6.87. The van der Waals surface area contributed by atoms with Gasteiger partial charge in [0.15, 0.2) is 0 Å². The number of nitrogens with zero attached hydrogens (tertiary/aromatic N) is 2. The van der Waals surface area contributed by atoms with E-state index in [2.05, 4.69) is 5.32 Å². The van der Waals surface area contributed by atoms with Crippen molar-refractivity contribution in [2.45, 2.75) is 25.8 Å². The van der Waals surface area contributed by atoms with Gasteiger partial charge in [-0.3, -0.25) is 0 Å². The van der Waals surface area contributed by atoms with Crippen LogP contribution in [-0.4, -0.2) is 30.2 Å². The highest BCUT2D eigenvalue weighted by atomic mass is 16.6. The van der Waals surface area contributed by atoms with Crippen molar-refractivity contribution in [3.63, 3.8) is 0 Å². The van der Waals surface area contributed by atoms with Crippen molar-refractivity contribution in [3.8, 4) is 6.07 Å². The van der Waals surface area contributed by atoms with Crippen LogP contribution in [0.5, 0.6) is 0 Å². The third-order valence-electron chi connectivity index (χ3n) is 3.42.